The number of methoxy groups -OCH3 is 1. The van der Waals surface area contributed by atoms with Crippen molar-refractivity contribution in [3.63, 3.8) is 0 Å². The molecule has 0 radical (unpaired) electrons. The van der Waals surface area contributed by atoms with Crippen LogP contribution in [0.3, 0.4) is 0 Å². The first-order valence-corrected chi connectivity index (χ1v) is 9.31. The number of H-pyrrole nitrogens is 2. The zero-order valence-electron chi connectivity index (χ0n) is 16.0. The first-order chi connectivity index (χ1) is 13.7. The minimum absolute atomic E-state index is 0.337. The molecule has 146 valence electrons. The van der Waals surface area contributed by atoms with Gasteiger partial charge in [-0.05, 0) is 19.1 Å². The molecule has 8 heteroatoms. The van der Waals surface area contributed by atoms with Gasteiger partial charge in [-0.15, -0.1) is 0 Å². The Labute approximate surface area is 162 Å². The highest BCUT2D eigenvalue weighted by atomic mass is 16.5. The molecule has 2 aromatic heterocycles. The second-order valence-corrected chi connectivity index (χ2v) is 6.71. The van der Waals surface area contributed by atoms with Crippen molar-refractivity contribution in [3.05, 3.63) is 53.0 Å². The third-order valence-electron chi connectivity index (χ3n) is 4.95. The predicted octanol–water partition coefficient (Wildman–Crippen LogP) is 2.54. The molecule has 8 nitrogen and oxygen atoms in total. The summed E-state index contributed by atoms with van der Waals surface area (Å²) in [4.78, 5) is 14.4. The summed E-state index contributed by atoms with van der Waals surface area (Å²) in [5.74, 6) is 0.437. The Morgan fingerprint density at radius 3 is 3.04 bits per heavy atom. The zero-order valence-corrected chi connectivity index (χ0v) is 16.0. The lowest BCUT2D eigenvalue weighted by molar-refractivity contribution is 0.0516. The van der Waals surface area contributed by atoms with Gasteiger partial charge in [0.05, 0.1) is 25.6 Å². The fourth-order valence-corrected chi connectivity index (χ4v) is 3.55. The Morgan fingerprint density at radius 1 is 1.32 bits per heavy atom. The minimum atomic E-state index is -0.368. The van der Waals surface area contributed by atoms with Gasteiger partial charge in [-0.1, -0.05) is 12.1 Å². The van der Waals surface area contributed by atoms with Crippen molar-refractivity contribution in [3.8, 4) is 17.0 Å². The number of rotatable bonds is 6. The second-order valence-electron chi connectivity index (χ2n) is 6.71. The van der Waals surface area contributed by atoms with Crippen LogP contribution in [0, 0.1) is 0 Å². The van der Waals surface area contributed by atoms with E-state index in [1.807, 2.05) is 24.3 Å². The Kier molecular flexibility index (Phi) is 5.12. The molecular weight excluding hydrogens is 358 g/mol. The van der Waals surface area contributed by atoms with E-state index in [2.05, 4.69) is 25.3 Å². The summed E-state index contributed by atoms with van der Waals surface area (Å²) < 4.78 is 10.4. The van der Waals surface area contributed by atoms with Crippen LogP contribution in [0.25, 0.3) is 11.3 Å². The van der Waals surface area contributed by atoms with Gasteiger partial charge in [-0.25, -0.2) is 4.79 Å². The minimum Gasteiger partial charge on any atom is -0.497 e. The molecule has 0 atom stereocenters. The van der Waals surface area contributed by atoms with Gasteiger partial charge in [0.25, 0.3) is 0 Å². The van der Waals surface area contributed by atoms with Crippen molar-refractivity contribution in [2.45, 2.75) is 26.4 Å². The van der Waals surface area contributed by atoms with Crippen LogP contribution in [0.5, 0.6) is 5.75 Å². The first-order valence-electron chi connectivity index (χ1n) is 9.31. The first kappa shape index (κ1) is 18.2. The van der Waals surface area contributed by atoms with Crippen molar-refractivity contribution < 1.29 is 14.3 Å². The highest BCUT2D eigenvalue weighted by molar-refractivity contribution is 5.88. The molecule has 0 bridgehead atoms. The molecule has 0 saturated heterocycles. The lowest BCUT2D eigenvalue weighted by atomic mass is 10.0. The molecule has 1 aliphatic heterocycles. The van der Waals surface area contributed by atoms with Crippen LogP contribution in [0.15, 0.2) is 30.5 Å². The number of esters is 1. The third kappa shape index (κ3) is 3.50. The van der Waals surface area contributed by atoms with Gasteiger partial charge < -0.3 is 9.47 Å². The summed E-state index contributed by atoms with van der Waals surface area (Å²) >= 11 is 0. The van der Waals surface area contributed by atoms with E-state index in [1.54, 1.807) is 20.2 Å². The number of benzene rings is 1. The molecule has 0 saturated carbocycles. The Hall–Kier alpha value is -3.13. The standard InChI is InChI=1S/C20H23N5O3/c1-3-28-20(26)19-14(10-21-23-19)11-25-8-7-17-16(12-25)18(24-22-17)13-5-4-6-15(9-13)27-2/h4-6,9-10H,3,7-8,11-12H2,1-2H3,(H,21,23)(H,22,24). The van der Waals surface area contributed by atoms with Crippen molar-refractivity contribution in [1.29, 1.82) is 0 Å². The molecule has 0 amide bonds. The number of nitrogens with zero attached hydrogens (tertiary/aromatic N) is 3. The van der Waals surface area contributed by atoms with Crippen LogP contribution in [-0.4, -0.2) is 51.5 Å². The Bertz CT molecular complexity index is 978. The van der Waals surface area contributed by atoms with Crippen molar-refractivity contribution in [1.82, 2.24) is 25.3 Å². The quantitative estimate of drug-likeness (QED) is 0.637. The molecule has 3 aromatic rings. The topological polar surface area (TPSA) is 96.1 Å². The summed E-state index contributed by atoms with van der Waals surface area (Å²) in [6.07, 6.45) is 2.57. The summed E-state index contributed by atoms with van der Waals surface area (Å²) in [6.45, 7) is 4.36. The van der Waals surface area contributed by atoms with Gasteiger partial charge in [-0.2, -0.15) is 10.2 Å². The molecule has 0 spiro atoms. The summed E-state index contributed by atoms with van der Waals surface area (Å²) in [5.41, 5.74) is 5.57. The molecule has 28 heavy (non-hydrogen) atoms. The van der Waals surface area contributed by atoms with Gasteiger partial charge in [0.15, 0.2) is 0 Å². The van der Waals surface area contributed by atoms with Gasteiger partial charge in [0.2, 0.25) is 0 Å². The Morgan fingerprint density at radius 2 is 2.21 bits per heavy atom. The van der Waals surface area contributed by atoms with E-state index in [0.717, 1.165) is 47.8 Å². The number of fused-ring (bicyclic) bond motifs is 1. The number of aromatic amines is 2. The van der Waals surface area contributed by atoms with Crippen LogP contribution in [0.4, 0.5) is 0 Å². The molecule has 4 rings (SSSR count). The van der Waals surface area contributed by atoms with E-state index in [-0.39, 0.29) is 5.97 Å². The highest BCUT2D eigenvalue weighted by Crippen LogP contribution is 2.30. The SMILES string of the molecule is CCOC(=O)c1[nH]ncc1CN1CCc2[nH]nc(-c3cccc(OC)c3)c2C1. The number of aromatic nitrogens is 4. The normalized spacial score (nSPS) is 13.9. The lowest BCUT2D eigenvalue weighted by Crippen LogP contribution is -2.30. The second kappa shape index (κ2) is 7.85. The maximum Gasteiger partial charge on any atom is 0.356 e. The van der Waals surface area contributed by atoms with Gasteiger partial charge >= 0.3 is 5.97 Å². The van der Waals surface area contributed by atoms with E-state index in [4.69, 9.17) is 9.47 Å². The molecule has 1 aromatic carbocycles. The molecule has 2 N–H and O–H groups in total. The zero-order chi connectivity index (χ0) is 19.5. The average molecular weight is 381 g/mol. The van der Waals surface area contributed by atoms with Crippen molar-refractivity contribution >= 4 is 5.97 Å². The fourth-order valence-electron chi connectivity index (χ4n) is 3.55. The molecule has 3 heterocycles. The van der Waals surface area contributed by atoms with Crippen LogP contribution in [0.1, 0.15) is 34.2 Å². The van der Waals surface area contributed by atoms with Gasteiger partial charge in [0, 0.05) is 48.4 Å². The van der Waals surface area contributed by atoms with Gasteiger partial charge in [-0.3, -0.25) is 15.1 Å². The number of hydrogen-bond donors (Lipinski definition) is 2. The molecule has 0 fully saturated rings. The lowest BCUT2D eigenvalue weighted by Gasteiger charge is -2.26. The van der Waals surface area contributed by atoms with Crippen LogP contribution in [-0.2, 0) is 24.2 Å². The van der Waals surface area contributed by atoms with Gasteiger partial charge in [0.1, 0.15) is 11.4 Å². The van der Waals surface area contributed by atoms with Crippen LogP contribution < -0.4 is 4.74 Å². The molecule has 0 aliphatic carbocycles. The summed E-state index contributed by atoms with van der Waals surface area (Å²) in [7, 11) is 1.66. The van der Waals surface area contributed by atoms with Crippen LogP contribution >= 0.6 is 0 Å². The van der Waals surface area contributed by atoms with E-state index < -0.39 is 0 Å². The molecular formula is C20H23N5O3. The van der Waals surface area contributed by atoms with E-state index in [1.165, 1.54) is 5.56 Å². The maximum atomic E-state index is 12.1. The van der Waals surface area contributed by atoms with Crippen molar-refractivity contribution in [2.75, 3.05) is 20.3 Å². The van der Waals surface area contributed by atoms with E-state index >= 15 is 0 Å². The number of carbonyl (C=O) groups is 1. The smallest absolute Gasteiger partial charge is 0.356 e. The monoisotopic (exact) mass is 381 g/mol. The number of nitrogens with one attached hydrogen (secondary N) is 2. The van der Waals surface area contributed by atoms with Crippen LogP contribution in [0.2, 0.25) is 0 Å². The Balaban J connectivity index is 1.55. The third-order valence-corrected chi connectivity index (χ3v) is 4.95. The fraction of sp³-hybridized carbons (Fsp3) is 0.350. The van der Waals surface area contributed by atoms with E-state index in [9.17, 15) is 4.79 Å². The molecule has 1 aliphatic rings. The molecule has 0 unspecified atom stereocenters. The number of ether oxygens (including phenoxy) is 2. The highest BCUT2D eigenvalue weighted by Gasteiger charge is 2.25. The number of carbonyl (C=O) groups excluding carboxylic acids is 1. The largest absolute Gasteiger partial charge is 0.497 e. The van der Waals surface area contributed by atoms with E-state index in [0.29, 0.717) is 18.8 Å². The average Bonchev–Trinajstić information content (AvgIpc) is 3.35. The maximum absolute atomic E-state index is 12.1. The summed E-state index contributed by atoms with van der Waals surface area (Å²) in [5, 5.41) is 14.5. The number of hydrogen-bond acceptors (Lipinski definition) is 6. The van der Waals surface area contributed by atoms with Crippen molar-refractivity contribution in [2.24, 2.45) is 0 Å². The summed E-state index contributed by atoms with van der Waals surface area (Å²) in [6, 6.07) is 7.91. The predicted molar refractivity (Wildman–Crippen MR) is 103 cm³/mol.